The molecule has 1 aliphatic carbocycles. The number of carbonyl (C=O) groups excluding carboxylic acids is 1. The van der Waals surface area contributed by atoms with Gasteiger partial charge in [-0.1, -0.05) is 21.1 Å². The summed E-state index contributed by atoms with van der Waals surface area (Å²) in [4.78, 5) is 13.9. The van der Waals surface area contributed by atoms with Crippen molar-refractivity contribution in [1.29, 1.82) is 0 Å². The van der Waals surface area contributed by atoms with Gasteiger partial charge in [-0.05, 0) is 67.6 Å². The van der Waals surface area contributed by atoms with Gasteiger partial charge in [0.25, 0.3) is 5.91 Å². The quantitative estimate of drug-likeness (QED) is 0.588. The molecule has 1 N–H and O–H groups in total. The third-order valence-corrected chi connectivity index (χ3v) is 5.58. The highest BCUT2D eigenvalue weighted by molar-refractivity contribution is 9.10. The van der Waals surface area contributed by atoms with Crippen LogP contribution in [-0.2, 0) is 0 Å². The van der Waals surface area contributed by atoms with Crippen molar-refractivity contribution >= 4 is 39.3 Å². The number of carbonyl (C=O) groups is 1. The van der Waals surface area contributed by atoms with Gasteiger partial charge in [-0.2, -0.15) is 0 Å². The Labute approximate surface area is 164 Å². The lowest BCUT2D eigenvalue weighted by Gasteiger charge is -2.08. The van der Waals surface area contributed by atoms with E-state index < -0.39 is 0 Å². The maximum Gasteiger partial charge on any atom is 0.278 e. The van der Waals surface area contributed by atoms with Crippen LogP contribution in [0.4, 0.5) is 5.69 Å². The first kappa shape index (κ1) is 17.3. The first-order valence-electron chi connectivity index (χ1n) is 8.32. The summed E-state index contributed by atoms with van der Waals surface area (Å²) in [5.41, 5.74) is 2.97. The molecular formula is C19H17BrN4OS. The molecule has 1 amide bonds. The molecule has 0 aliphatic heterocycles. The van der Waals surface area contributed by atoms with Crippen molar-refractivity contribution in [3.63, 3.8) is 0 Å². The molecule has 132 valence electrons. The fourth-order valence-electron chi connectivity index (χ4n) is 2.81. The van der Waals surface area contributed by atoms with E-state index in [0.717, 1.165) is 39.3 Å². The highest BCUT2D eigenvalue weighted by atomic mass is 79.9. The van der Waals surface area contributed by atoms with Gasteiger partial charge >= 0.3 is 0 Å². The molecule has 2 aromatic carbocycles. The van der Waals surface area contributed by atoms with Gasteiger partial charge in [0.05, 0.1) is 11.4 Å². The summed E-state index contributed by atoms with van der Waals surface area (Å²) >= 11 is 5.11. The topological polar surface area (TPSA) is 59.8 Å². The summed E-state index contributed by atoms with van der Waals surface area (Å²) in [6.07, 6.45) is 4.15. The van der Waals surface area contributed by atoms with Crippen LogP contribution < -0.4 is 5.32 Å². The predicted octanol–water partition coefficient (Wildman–Crippen LogP) is 4.88. The lowest BCUT2D eigenvalue weighted by Crippen LogP contribution is -2.15. The molecule has 0 bridgehead atoms. The maximum atomic E-state index is 12.8. The molecule has 0 spiro atoms. The molecule has 0 radical (unpaired) electrons. The molecular weight excluding hydrogens is 412 g/mol. The zero-order valence-electron chi connectivity index (χ0n) is 14.1. The van der Waals surface area contributed by atoms with Gasteiger partial charge in [0.15, 0.2) is 5.69 Å². The van der Waals surface area contributed by atoms with E-state index in [1.54, 1.807) is 16.4 Å². The number of nitrogens with one attached hydrogen (secondary N) is 1. The van der Waals surface area contributed by atoms with E-state index in [1.165, 1.54) is 0 Å². The zero-order valence-corrected chi connectivity index (χ0v) is 16.5. The van der Waals surface area contributed by atoms with E-state index in [1.807, 2.05) is 54.8 Å². The van der Waals surface area contributed by atoms with Crippen LogP contribution in [0, 0.1) is 0 Å². The standard InChI is InChI=1S/C19H17BrN4OS/c1-26-16-10-6-14(7-11-16)21-19(25)17-18(12-2-3-12)24(23-22-17)15-8-4-13(20)5-9-15/h4-12H,2-3H2,1H3,(H,21,25). The van der Waals surface area contributed by atoms with Crippen LogP contribution in [0.2, 0.25) is 0 Å². The van der Waals surface area contributed by atoms with Gasteiger partial charge in [0.1, 0.15) is 0 Å². The first-order valence-corrected chi connectivity index (χ1v) is 10.3. The Bertz CT molecular complexity index is 933. The predicted molar refractivity (Wildman–Crippen MR) is 107 cm³/mol. The molecule has 0 saturated heterocycles. The summed E-state index contributed by atoms with van der Waals surface area (Å²) in [6, 6.07) is 15.6. The number of rotatable bonds is 5. The average molecular weight is 429 g/mol. The minimum absolute atomic E-state index is 0.216. The van der Waals surface area contributed by atoms with Gasteiger partial charge in [-0.25, -0.2) is 4.68 Å². The zero-order chi connectivity index (χ0) is 18.1. The van der Waals surface area contributed by atoms with Crippen LogP contribution in [0.15, 0.2) is 57.9 Å². The van der Waals surface area contributed by atoms with Gasteiger partial charge in [0, 0.05) is 21.0 Å². The lowest BCUT2D eigenvalue weighted by atomic mass is 10.2. The summed E-state index contributed by atoms with van der Waals surface area (Å²) in [5.74, 6) is 0.125. The highest BCUT2D eigenvalue weighted by Crippen LogP contribution is 2.42. The Morgan fingerprint density at radius 1 is 1.15 bits per heavy atom. The smallest absolute Gasteiger partial charge is 0.278 e. The molecule has 1 aliphatic rings. The fraction of sp³-hybridized carbons (Fsp3) is 0.211. The van der Waals surface area contributed by atoms with Crippen LogP contribution in [-0.4, -0.2) is 27.2 Å². The molecule has 1 aromatic heterocycles. The van der Waals surface area contributed by atoms with E-state index in [0.29, 0.717) is 11.6 Å². The first-order chi connectivity index (χ1) is 12.7. The Morgan fingerprint density at radius 2 is 1.85 bits per heavy atom. The molecule has 26 heavy (non-hydrogen) atoms. The lowest BCUT2D eigenvalue weighted by molar-refractivity contribution is 0.102. The monoisotopic (exact) mass is 428 g/mol. The van der Waals surface area contributed by atoms with Crippen molar-refractivity contribution in [2.24, 2.45) is 0 Å². The Kier molecular flexibility index (Phi) is 4.82. The largest absolute Gasteiger partial charge is 0.321 e. The summed E-state index contributed by atoms with van der Waals surface area (Å²) in [5, 5.41) is 11.4. The number of thioether (sulfide) groups is 1. The number of aromatic nitrogens is 3. The molecule has 1 heterocycles. The number of halogens is 1. The molecule has 0 atom stereocenters. The molecule has 1 fully saturated rings. The van der Waals surface area contributed by atoms with Crippen molar-refractivity contribution in [2.45, 2.75) is 23.7 Å². The number of hydrogen-bond donors (Lipinski definition) is 1. The van der Waals surface area contributed by atoms with Crippen molar-refractivity contribution in [2.75, 3.05) is 11.6 Å². The van der Waals surface area contributed by atoms with E-state index in [4.69, 9.17) is 0 Å². The normalized spacial score (nSPS) is 13.6. The Hall–Kier alpha value is -2.12. The van der Waals surface area contributed by atoms with E-state index in [9.17, 15) is 4.79 Å². The SMILES string of the molecule is CSc1ccc(NC(=O)c2nnn(-c3ccc(Br)cc3)c2C2CC2)cc1. The molecule has 4 rings (SSSR count). The van der Waals surface area contributed by atoms with Crippen LogP contribution >= 0.6 is 27.7 Å². The molecule has 1 saturated carbocycles. The van der Waals surface area contributed by atoms with Crippen molar-refractivity contribution in [1.82, 2.24) is 15.0 Å². The second-order valence-corrected chi connectivity index (χ2v) is 7.96. The van der Waals surface area contributed by atoms with Crippen molar-refractivity contribution in [3.8, 4) is 5.69 Å². The van der Waals surface area contributed by atoms with Crippen LogP contribution in [0.25, 0.3) is 5.69 Å². The second-order valence-electron chi connectivity index (χ2n) is 6.17. The van der Waals surface area contributed by atoms with Crippen LogP contribution in [0.1, 0.15) is 34.9 Å². The second kappa shape index (κ2) is 7.25. The summed E-state index contributed by atoms with van der Waals surface area (Å²) in [7, 11) is 0. The van der Waals surface area contributed by atoms with Crippen LogP contribution in [0.3, 0.4) is 0 Å². The van der Waals surface area contributed by atoms with E-state index in [2.05, 4.69) is 31.6 Å². The molecule has 0 unspecified atom stereocenters. The fourth-order valence-corrected chi connectivity index (χ4v) is 3.48. The summed E-state index contributed by atoms with van der Waals surface area (Å²) in [6.45, 7) is 0. The number of anilines is 1. The molecule has 3 aromatic rings. The van der Waals surface area contributed by atoms with Crippen molar-refractivity contribution in [3.05, 3.63) is 64.4 Å². The van der Waals surface area contributed by atoms with Gasteiger partial charge < -0.3 is 5.32 Å². The average Bonchev–Trinajstić information content (AvgIpc) is 3.41. The van der Waals surface area contributed by atoms with E-state index in [-0.39, 0.29) is 5.91 Å². The number of hydrogen-bond acceptors (Lipinski definition) is 4. The molecule has 5 nitrogen and oxygen atoms in total. The van der Waals surface area contributed by atoms with Gasteiger partial charge in [-0.15, -0.1) is 16.9 Å². The van der Waals surface area contributed by atoms with E-state index >= 15 is 0 Å². The van der Waals surface area contributed by atoms with Crippen molar-refractivity contribution < 1.29 is 4.79 Å². The van der Waals surface area contributed by atoms with Gasteiger partial charge in [-0.3, -0.25) is 4.79 Å². The summed E-state index contributed by atoms with van der Waals surface area (Å²) < 4.78 is 2.79. The van der Waals surface area contributed by atoms with Gasteiger partial charge in [0.2, 0.25) is 0 Å². The minimum Gasteiger partial charge on any atom is -0.321 e. The third kappa shape index (κ3) is 3.54. The number of amides is 1. The minimum atomic E-state index is -0.216. The number of benzene rings is 2. The molecule has 7 heteroatoms. The third-order valence-electron chi connectivity index (χ3n) is 4.30. The highest BCUT2D eigenvalue weighted by Gasteiger charge is 2.34. The Balaban J connectivity index is 1.63. The number of nitrogens with zero attached hydrogens (tertiary/aromatic N) is 3. The Morgan fingerprint density at radius 3 is 2.46 bits per heavy atom. The maximum absolute atomic E-state index is 12.8. The van der Waals surface area contributed by atoms with Crippen LogP contribution in [0.5, 0.6) is 0 Å².